The van der Waals surface area contributed by atoms with E-state index in [1.165, 1.54) is 23.8 Å². The summed E-state index contributed by atoms with van der Waals surface area (Å²) in [5.74, 6) is 2.19. The van der Waals surface area contributed by atoms with Gasteiger partial charge in [-0.3, -0.25) is 9.78 Å². The topological polar surface area (TPSA) is 147 Å². The highest BCUT2D eigenvalue weighted by Crippen LogP contribution is 2.40. The molecular formula is C14H15ClN4O5. The van der Waals surface area contributed by atoms with Crippen LogP contribution in [0.4, 0.5) is 5.95 Å². The Hall–Kier alpha value is -2.09. The van der Waals surface area contributed by atoms with E-state index >= 15 is 0 Å². The van der Waals surface area contributed by atoms with E-state index in [2.05, 4.69) is 15.9 Å². The smallest absolute Gasteiger partial charge is 0.261 e. The number of nitrogen functional groups attached to an aromatic ring is 1. The lowest BCUT2D eigenvalue weighted by molar-refractivity contribution is -0.0844. The Morgan fingerprint density at radius 1 is 1.62 bits per heavy atom. The standard InChI is InChI=1S/C14H15ClN4O5/c1-6(20)8-9(21)14(23,3-4-15)12(24-8)19-5-2-7-10(19)17-13(16)18-11(7)22/h2,5-6,8-9,12,20-21,23H,1H3,(H3,16,17,18,22)/t6-,8?,9?,12-,14-/m1/s1. The molecule has 1 saturated heterocycles. The number of aromatic nitrogens is 3. The minimum atomic E-state index is -2.12. The molecule has 3 rings (SSSR count). The van der Waals surface area contributed by atoms with E-state index in [4.69, 9.17) is 22.1 Å². The van der Waals surface area contributed by atoms with Gasteiger partial charge in [0.05, 0.1) is 11.5 Å². The molecule has 24 heavy (non-hydrogen) atoms. The molecule has 6 N–H and O–H groups in total. The number of rotatable bonds is 2. The minimum Gasteiger partial charge on any atom is -0.391 e. The van der Waals surface area contributed by atoms with E-state index in [-0.39, 0.29) is 17.0 Å². The molecule has 0 aliphatic carbocycles. The second-order valence-corrected chi connectivity index (χ2v) is 5.78. The van der Waals surface area contributed by atoms with Crippen LogP contribution in [-0.2, 0) is 4.74 Å². The molecular weight excluding hydrogens is 340 g/mol. The normalized spacial score (nSPS) is 31.0. The summed E-state index contributed by atoms with van der Waals surface area (Å²) in [6.07, 6.45) is -3.56. The van der Waals surface area contributed by atoms with Crippen molar-refractivity contribution in [2.24, 2.45) is 0 Å². The predicted octanol–water partition coefficient (Wildman–Crippen LogP) is -1.12. The fraction of sp³-hybridized carbons (Fsp3) is 0.429. The van der Waals surface area contributed by atoms with Crippen LogP contribution in [-0.4, -0.2) is 53.8 Å². The molecule has 3 heterocycles. The maximum atomic E-state index is 11.9. The summed E-state index contributed by atoms with van der Waals surface area (Å²) in [6.45, 7) is 1.40. The number of aromatic amines is 1. The molecule has 0 amide bonds. The molecule has 1 aliphatic rings. The Labute approximate surface area is 140 Å². The number of hydrogen-bond donors (Lipinski definition) is 5. The molecule has 2 unspecified atom stereocenters. The van der Waals surface area contributed by atoms with Crippen molar-refractivity contribution in [2.75, 3.05) is 5.73 Å². The number of nitrogens with zero attached hydrogens (tertiary/aromatic N) is 2. The summed E-state index contributed by atoms with van der Waals surface area (Å²) >= 11 is 5.41. The molecule has 0 bridgehead atoms. The third kappa shape index (κ3) is 2.36. The third-order valence-electron chi connectivity index (χ3n) is 4.00. The summed E-state index contributed by atoms with van der Waals surface area (Å²) in [5, 5.41) is 33.1. The Morgan fingerprint density at radius 3 is 2.96 bits per heavy atom. The highest BCUT2D eigenvalue weighted by atomic mass is 35.5. The van der Waals surface area contributed by atoms with Crippen molar-refractivity contribution in [3.8, 4) is 11.3 Å². The van der Waals surface area contributed by atoms with Crippen molar-refractivity contribution < 1.29 is 20.1 Å². The largest absolute Gasteiger partial charge is 0.391 e. The zero-order valence-electron chi connectivity index (χ0n) is 12.5. The van der Waals surface area contributed by atoms with Gasteiger partial charge in [0.25, 0.3) is 5.56 Å². The van der Waals surface area contributed by atoms with Crippen molar-refractivity contribution in [2.45, 2.75) is 37.1 Å². The lowest BCUT2D eigenvalue weighted by Gasteiger charge is -2.26. The Balaban J connectivity index is 2.20. The first-order valence-corrected chi connectivity index (χ1v) is 7.40. The van der Waals surface area contributed by atoms with Crippen molar-refractivity contribution in [3.05, 3.63) is 22.6 Å². The van der Waals surface area contributed by atoms with E-state index in [0.717, 1.165) is 0 Å². The quantitative estimate of drug-likeness (QED) is 0.429. The average Bonchev–Trinajstić information content (AvgIpc) is 3.00. The van der Waals surface area contributed by atoms with E-state index in [0.29, 0.717) is 0 Å². The van der Waals surface area contributed by atoms with Crippen molar-refractivity contribution in [1.82, 2.24) is 14.5 Å². The number of aliphatic hydroxyl groups excluding tert-OH is 2. The van der Waals surface area contributed by atoms with Crippen LogP contribution in [0.15, 0.2) is 17.1 Å². The highest BCUT2D eigenvalue weighted by molar-refractivity contribution is 6.30. The number of nitrogens with two attached hydrogens (primary N) is 1. The van der Waals surface area contributed by atoms with Gasteiger partial charge in [0.15, 0.2) is 11.9 Å². The van der Waals surface area contributed by atoms with Crippen molar-refractivity contribution in [3.63, 3.8) is 0 Å². The minimum absolute atomic E-state index is 0.120. The first-order chi connectivity index (χ1) is 11.3. The summed E-state index contributed by atoms with van der Waals surface area (Å²) in [7, 11) is 0. The number of halogens is 1. The van der Waals surface area contributed by atoms with Gasteiger partial charge in [-0.15, -0.1) is 0 Å². The summed E-state index contributed by atoms with van der Waals surface area (Å²) in [6, 6.07) is 1.46. The van der Waals surface area contributed by atoms with Gasteiger partial charge in [-0.25, -0.2) is 0 Å². The number of fused-ring (bicyclic) bond motifs is 1. The molecule has 2 aromatic heterocycles. The maximum Gasteiger partial charge on any atom is 0.261 e. The van der Waals surface area contributed by atoms with Crippen LogP contribution in [0.1, 0.15) is 13.2 Å². The lowest BCUT2D eigenvalue weighted by atomic mass is 9.93. The molecule has 0 radical (unpaired) electrons. The van der Waals surface area contributed by atoms with Crippen molar-refractivity contribution in [1.29, 1.82) is 0 Å². The van der Waals surface area contributed by atoms with E-state index in [1.54, 1.807) is 0 Å². The van der Waals surface area contributed by atoms with Crippen LogP contribution in [0.3, 0.4) is 0 Å². The first kappa shape index (κ1) is 16.8. The van der Waals surface area contributed by atoms with Gasteiger partial charge in [0.2, 0.25) is 11.5 Å². The Bertz CT molecular complexity index is 898. The average molecular weight is 355 g/mol. The van der Waals surface area contributed by atoms with Crippen LogP contribution in [0.5, 0.6) is 0 Å². The molecule has 0 spiro atoms. The van der Waals surface area contributed by atoms with Gasteiger partial charge in [-0.1, -0.05) is 0 Å². The van der Waals surface area contributed by atoms with E-state index in [1.807, 2.05) is 5.38 Å². The number of H-pyrrole nitrogens is 1. The molecule has 9 nitrogen and oxygen atoms in total. The zero-order valence-corrected chi connectivity index (χ0v) is 13.2. The van der Waals surface area contributed by atoms with Gasteiger partial charge in [-0.2, -0.15) is 4.98 Å². The van der Waals surface area contributed by atoms with Gasteiger partial charge in [0.1, 0.15) is 12.2 Å². The molecule has 0 saturated carbocycles. The lowest BCUT2D eigenvalue weighted by Crippen LogP contribution is -2.47. The number of anilines is 1. The van der Waals surface area contributed by atoms with Gasteiger partial charge < -0.3 is 30.4 Å². The summed E-state index contributed by atoms with van der Waals surface area (Å²) < 4.78 is 6.91. The summed E-state index contributed by atoms with van der Waals surface area (Å²) in [5.41, 5.74) is 3.11. The molecule has 128 valence electrons. The Morgan fingerprint density at radius 2 is 2.33 bits per heavy atom. The number of ether oxygens (including phenoxy) is 1. The van der Waals surface area contributed by atoms with Crippen molar-refractivity contribution >= 4 is 28.6 Å². The summed E-state index contributed by atoms with van der Waals surface area (Å²) in [4.78, 5) is 18.3. The van der Waals surface area contributed by atoms with Crippen LogP contribution < -0.4 is 11.3 Å². The second-order valence-electron chi connectivity index (χ2n) is 5.59. The molecule has 1 aliphatic heterocycles. The zero-order chi connectivity index (χ0) is 17.6. The van der Waals surface area contributed by atoms with Gasteiger partial charge >= 0.3 is 0 Å². The molecule has 0 aromatic carbocycles. The molecule has 2 aromatic rings. The van der Waals surface area contributed by atoms with E-state index in [9.17, 15) is 20.1 Å². The maximum absolute atomic E-state index is 11.9. The monoisotopic (exact) mass is 354 g/mol. The van der Waals surface area contributed by atoms with E-state index < -0.39 is 35.7 Å². The predicted molar refractivity (Wildman–Crippen MR) is 84.9 cm³/mol. The van der Waals surface area contributed by atoms with Gasteiger partial charge in [0, 0.05) is 11.6 Å². The van der Waals surface area contributed by atoms with Crippen LogP contribution in [0.2, 0.25) is 0 Å². The number of hydrogen-bond acceptors (Lipinski definition) is 7. The Kier molecular flexibility index (Phi) is 4.03. The highest BCUT2D eigenvalue weighted by Gasteiger charge is 2.57. The fourth-order valence-corrected chi connectivity index (χ4v) is 2.99. The van der Waals surface area contributed by atoms with Crippen LogP contribution >= 0.6 is 11.6 Å². The third-order valence-corrected chi connectivity index (χ3v) is 4.09. The number of aliphatic hydroxyl groups is 3. The SMILES string of the molecule is C[C@@H](O)C1O[C@@H](n2ccc3c(=O)[nH]c(N)nc32)[C@@](O)(C#CCl)C1O. The molecule has 5 atom stereocenters. The first-order valence-electron chi connectivity index (χ1n) is 7.02. The fourth-order valence-electron chi connectivity index (χ4n) is 2.84. The second kappa shape index (κ2) is 5.77. The van der Waals surface area contributed by atoms with Crippen LogP contribution in [0, 0.1) is 11.3 Å². The number of nitrogens with one attached hydrogen (secondary N) is 1. The molecule has 1 fully saturated rings. The van der Waals surface area contributed by atoms with Gasteiger partial charge in [-0.05, 0) is 30.5 Å². The molecule has 10 heteroatoms. The van der Waals surface area contributed by atoms with Crippen LogP contribution in [0.25, 0.3) is 11.0 Å².